The SMILES string of the molecule is CCCCCNc1ccc2[nH]c(=O)c(C#N)c3c2c1C(=O)c1ccccc1-3. The maximum atomic E-state index is 13.3. The number of H-pyrrole nitrogens is 1. The molecule has 134 valence electrons. The summed E-state index contributed by atoms with van der Waals surface area (Å²) in [6.45, 7) is 2.91. The number of anilines is 1. The largest absolute Gasteiger partial charge is 0.384 e. The van der Waals surface area contributed by atoms with Gasteiger partial charge < -0.3 is 10.3 Å². The summed E-state index contributed by atoms with van der Waals surface area (Å²) in [6.07, 6.45) is 3.25. The smallest absolute Gasteiger partial charge is 0.266 e. The Morgan fingerprint density at radius 1 is 1.04 bits per heavy atom. The minimum absolute atomic E-state index is 0.0480. The van der Waals surface area contributed by atoms with Crippen molar-refractivity contribution >= 4 is 22.4 Å². The Labute approximate surface area is 156 Å². The molecule has 0 saturated carbocycles. The quantitative estimate of drug-likeness (QED) is 0.524. The molecule has 2 aromatic carbocycles. The minimum Gasteiger partial charge on any atom is -0.384 e. The Bertz CT molecular complexity index is 1170. The highest BCUT2D eigenvalue weighted by atomic mass is 16.1. The summed E-state index contributed by atoms with van der Waals surface area (Å²) in [5.41, 5.74) is 3.19. The van der Waals surface area contributed by atoms with Crippen molar-refractivity contribution in [3.8, 4) is 17.2 Å². The van der Waals surface area contributed by atoms with Gasteiger partial charge in [-0.25, -0.2) is 0 Å². The predicted molar refractivity (Wildman–Crippen MR) is 106 cm³/mol. The van der Waals surface area contributed by atoms with Gasteiger partial charge in [0, 0.05) is 34.3 Å². The molecule has 1 aliphatic carbocycles. The van der Waals surface area contributed by atoms with Crippen molar-refractivity contribution in [2.45, 2.75) is 26.2 Å². The standard InChI is InChI=1S/C22H19N3O2/c1-2-3-6-11-24-16-9-10-17-19-18(15(12-23)22(27)25-17)13-7-4-5-8-14(13)21(26)20(16)19/h4-5,7-10,24H,2-3,6,11H2,1H3,(H,25,27). The van der Waals surface area contributed by atoms with Crippen LogP contribution in [-0.2, 0) is 0 Å². The third kappa shape index (κ3) is 2.61. The highest BCUT2D eigenvalue weighted by Crippen LogP contribution is 2.42. The summed E-state index contributed by atoms with van der Waals surface area (Å²) in [5, 5.41) is 13.6. The molecule has 0 saturated heterocycles. The van der Waals surface area contributed by atoms with E-state index in [-0.39, 0.29) is 11.3 Å². The number of nitriles is 1. The van der Waals surface area contributed by atoms with E-state index < -0.39 is 5.56 Å². The first kappa shape index (κ1) is 17.0. The van der Waals surface area contributed by atoms with E-state index in [2.05, 4.69) is 17.2 Å². The molecular formula is C22H19N3O2. The Balaban J connectivity index is 2.03. The normalized spacial score (nSPS) is 11.9. The van der Waals surface area contributed by atoms with Crippen LogP contribution in [-0.4, -0.2) is 17.3 Å². The molecule has 0 atom stereocenters. The Morgan fingerprint density at radius 3 is 2.56 bits per heavy atom. The number of carbonyl (C=O) groups is 1. The molecule has 1 aliphatic rings. The van der Waals surface area contributed by atoms with Gasteiger partial charge in [-0.2, -0.15) is 5.26 Å². The molecule has 1 heterocycles. The first-order chi connectivity index (χ1) is 13.2. The molecule has 2 N–H and O–H groups in total. The summed E-state index contributed by atoms with van der Waals surface area (Å²) < 4.78 is 0. The Morgan fingerprint density at radius 2 is 1.81 bits per heavy atom. The molecule has 0 unspecified atom stereocenters. The zero-order valence-corrected chi connectivity index (χ0v) is 15.1. The summed E-state index contributed by atoms with van der Waals surface area (Å²) in [4.78, 5) is 28.5. The third-order valence-electron chi connectivity index (χ3n) is 5.06. The van der Waals surface area contributed by atoms with Gasteiger partial charge in [-0.1, -0.05) is 44.0 Å². The van der Waals surface area contributed by atoms with E-state index in [4.69, 9.17) is 0 Å². The summed E-state index contributed by atoms with van der Waals surface area (Å²) in [7, 11) is 0. The van der Waals surface area contributed by atoms with E-state index in [1.54, 1.807) is 24.3 Å². The highest BCUT2D eigenvalue weighted by molar-refractivity contribution is 6.28. The maximum absolute atomic E-state index is 13.3. The molecule has 0 spiro atoms. The van der Waals surface area contributed by atoms with Crippen molar-refractivity contribution in [1.82, 2.24) is 4.98 Å². The molecule has 0 radical (unpaired) electrons. The molecule has 5 nitrogen and oxygen atoms in total. The number of rotatable bonds is 5. The van der Waals surface area contributed by atoms with Crippen LogP contribution in [0.5, 0.6) is 0 Å². The summed E-state index contributed by atoms with van der Waals surface area (Å²) in [6, 6.07) is 12.8. The van der Waals surface area contributed by atoms with Crippen LogP contribution in [0.3, 0.4) is 0 Å². The van der Waals surface area contributed by atoms with Crippen molar-refractivity contribution in [1.29, 1.82) is 5.26 Å². The maximum Gasteiger partial charge on any atom is 0.266 e. The van der Waals surface area contributed by atoms with Gasteiger partial charge in [-0.3, -0.25) is 9.59 Å². The van der Waals surface area contributed by atoms with Gasteiger partial charge in [0.25, 0.3) is 5.56 Å². The number of pyridine rings is 1. The fourth-order valence-corrected chi connectivity index (χ4v) is 3.78. The number of nitrogens with zero attached hydrogens (tertiary/aromatic N) is 1. The molecule has 0 amide bonds. The first-order valence-corrected chi connectivity index (χ1v) is 9.18. The van der Waals surface area contributed by atoms with Gasteiger partial charge in [-0.15, -0.1) is 0 Å². The molecule has 1 aromatic heterocycles. The zero-order chi connectivity index (χ0) is 19.0. The van der Waals surface area contributed by atoms with E-state index in [0.717, 1.165) is 31.5 Å². The molecule has 3 aromatic rings. The van der Waals surface area contributed by atoms with Crippen LogP contribution in [0.2, 0.25) is 0 Å². The van der Waals surface area contributed by atoms with Gasteiger partial charge >= 0.3 is 0 Å². The van der Waals surface area contributed by atoms with Crippen molar-refractivity contribution in [3.05, 3.63) is 63.4 Å². The van der Waals surface area contributed by atoms with E-state index >= 15 is 0 Å². The Kier molecular flexibility index (Phi) is 4.25. The number of aromatic nitrogens is 1. The van der Waals surface area contributed by atoms with Gasteiger partial charge in [0.2, 0.25) is 0 Å². The van der Waals surface area contributed by atoms with Gasteiger partial charge in [0.05, 0.1) is 5.56 Å². The fraction of sp³-hybridized carbons (Fsp3) is 0.227. The average Bonchev–Trinajstić information content (AvgIpc) is 2.69. The average molecular weight is 357 g/mol. The lowest BCUT2D eigenvalue weighted by molar-refractivity contribution is 0.104. The van der Waals surface area contributed by atoms with Crippen LogP contribution < -0.4 is 10.9 Å². The molecule has 0 aliphatic heterocycles. The molecular weight excluding hydrogens is 338 g/mol. The number of aromatic amines is 1. The topological polar surface area (TPSA) is 85.8 Å². The number of hydrogen-bond donors (Lipinski definition) is 2. The van der Waals surface area contributed by atoms with E-state index in [0.29, 0.717) is 33.2 Å². The zero-order valence-electron chi connectivity index (χ0n) is 15.1. The third-order valence-corrected chi connectivity index (χ3v) is 5.06. The number of fused-ring (bicyclic) bond motifs is 2. The van der Waals surface area contributed by atoms with Crippen LogP contribution in [0.15, 0.2) is 41.2 Å². The van der Waals surface area contributed by atoms with Crippen molar-refractivity contribution in [2.24, 2.45) is 0 Å². The molecule has 5 heteroatoms. The van der Waals surface area contributed by atoms with Gasteiger partial charge in [-0.05, 0) is 24.1 Å². The summed E-state index contributed by atoms with van der Waals surface area (Å²) in [5.74, 6) is -0.0855. The van der Waals surface area contributed by atoms with Crippen LogP contribution in [0.1, 0.15) is 47.7 Å². The molecule has 27 heavy (non-hydrogen) atoms. The van der Waals surface area contributed by atoms with E-state index in [1.165, 1.54) is 0 Å². The summed E-state index contributed by atoms with van der Waals surface area (Å²) >= 11 is 0. The van der Waals surface area contributed by atoms with Crippen LogP contribution in [0.4, 0.5) is 5.69 Å². The number of ketones is 1. The van der Waals surface area contributed by atoms with Crippen LogP contribution in [0, 0.1) is 11.3 Å². The first-order valence-electron chi connectivity index (χ1n) is 9.18. The lowest BCUT2D eigenvalue weighted by atomic mass is 9.81. The fourth-order valence-electron chi connectivity index (χ4n) is 3.78. The number of carbonyl (C=O) groups excluding carboxylic acids is 1. The monoisotopic (exact) mass is 357 g/mol. The van der Waals surface area contributed by atoms with Gasteiger partial charge in [0.15, 0.2) is 5.78 Å². The number of unbranched alkanes of at least 4 members (excludes halogenated alkanes) is 2. The molecule has 0 fully saturated rings. The van der Waals surface area contributed by atoms with Crippen molar-refractivity contribution in [3.63, 3.8) is 0 Å². The second kappa shape index (κ2) is 6.73. The lowest BCUT2D eigenvalue weighted by Crippen LogP contribution is -2.19. The van der Waals surface area contributed by atoms with Crippen molar-refractivity contribution < 1.29 is 4.79 Å². The highest BCUT2D eigenvalue weighted by Gasteiger charge is 2.30. The molecule has 4 rings (SSSR count). The van der Waals surface area contributed by atoms with E-state index in [9.17, 15) is 14.9 Å². The molecule has 0 bridgehead atoms. The van der Waals surface area contributed by atoms with Gasteiger partial charge in [0.1, 0.15) is 11.6 Å². The second-order valence-corrected chi connectivity index (χ2v) is 6.74. The number of hydrogen-bond acceptors (Lipinski definition) is 4. The predicted octanol–water partition coefficient (Wildman–Crippen LogP) is 4.21. The van der Waals surface area contributed by atoms with E-state index in [1.807, 2.05) is 18.2 Å². The van der Waals surface area contributed by atoms with Crippen molar-refractivity contribution in [2.75, 3.05) is 11.9 Å². The number of nitrogens with one attached hydrogen (secondary N) is 2. The number of benzene rings is 2. The Hall–Kier alpha value is -3.39. The second-order valence-electron chi connectivity index (χ2n) is 6.74. The van der Waals surface area contributed by atoms with Crippen LogP contribution >= 0.6 is 0 Å². The van der Waals surface area contributed by atoms with Crippen LogP contribution in [0.25, 0.3) is 22.0 Å². The lowest BCUT2D eigenvalue weighted by Gasteiger charge is -2.23. The minimum atomic E-state index is -0.432.